The summed E-state index contributed by atoms with van der Waals surface area (Å²) in [6.07, 6.45) is 1.67. The molecule has 0 aromatic carbocycles. The molecule has 72 valence electrons. The quantitative estimate of drug-likeness (QED) is 0.650. The van der Waals surface area contributed by atoms with E-state index in [-0.39, 0.29) is 5.91 Å². The molecule has 1 rings (SSSR count). The molecule has 0 saturated carbocycles. The molecule has 3 nitrogen and oxygen atoms in total. The van der Waals surface area contributed by atoms with Crippen LogP contribution < -0.4 is 10.6 Å². The highest BCUT2D eigenvalue weighted by Gasteiger charge is 2.14. The predicted octanol–water partition coefficient (Wildman–Crippen LogP) is 0.901. The van der Waals surface area contributed by atoms with Crippen LogP contribution in [0.1, 0.15) is 33.6 Å². The topological polar surface area (TPSA) is 41.1 Å². The molecule has 1 unspecified atom stereocenters. The fourth-order valence-corrected chi connectivity index (χ4v) is 1.11. The van der Waals surface area contributed by atoms with E-state index in [9.17, 15) is 4.79 Å². The Balaban J connectivity index is 0.000000561. The van der Waals surface area contributed by atoms with E-state index in [1.807, 2.05) is 20.8 Å². The van der Waals surface area contributed by atoms with Crippen molar-refractivity contribution in [2.24, 2.45) is 0 Å². The lowest BCUT2D eigenvalue weighted by atomic mass is 10.2. The smallest absolute Gasteiger partial charge is 0.219 e. The highest BCUT2D eigenvalue weighted by Crippen LogP contribution is 1.96. The zero-order valence-corrected chi connectivity index (χ0v) is 8.31. The van der Waals surface area contributed by atoms with Crippen LogP contribution in [0.5, 0.6) is 0 Å². The second-order valence-corrected chi connectivity index (χ2v) is 2.61. The van der Waals surface area contributed by atoms with Gasteiger partial charge in [-0.05, 0) is 13.0 Å². The average molecular weight is 172 g/mol. The van der Waals surface area contributed by atoms with E-state index in [0.717, 1.165) is 19.5 Å². The van der Waals surface area contributed by atoms with Crippen LogP contribution in [0.2, 0.25) is 0 Å². The van der Waals surface area contributed by atoms with Crippen molar-refractivity contribution < 1.29 is 4.79 Å². The molecule has 1 saturated heterocycles. The van der Waals surface area contributed by atoms with Crippen molar-refractivity contribution in [2.75, 3.05) is 13.1 Å². The molecule has 0 spiro atoms. The molecule has 1 aliphatic heterocycles. The van der Waals surface area contributed by atoms with E-state index in [0.29, 0.717) is 12.5 Å². The average Bonchev–Trinajstić information content (AvgIpc) is 2.60. The molecule has 12 heavy (non-hydrogen) atoms. The summed E-state index contributed by atoms with van der Waals surface area (Å²) in [4.78, 5) is 10.8. The SMILES string of the molecule is CC.CCC(=O)NC1CCNC1. The van der Waals surface area contributed by atoms with Crippen molar-refractivity contribution in [1.82, 2.24) is 10.6 Å². The molecule has 0 radical (unpaired) electrons. The van der Waals surface area contributed by atoms with Gasteiger partial charge in [-0.2, -0.15) is 0 Å². The number of carbonyl (C=O) groups is 1. The first-order valence-electron chi connectivity index (χ1n) is 4.83. The molecule has 2 N–H and O–H groups in total. The van der Waals surface area contributed by atoms with Crippen molar-refractivity contribution in [3.63, 3.8) is 0 Å². The van der Waals surface area contributed by atoms with Gasteiger partial charge in [0, 0.05) is 19.0 Å². The normalized spacial score (nSPS) is 21.1. The van der Waals surface area contributed by atoms with Gasteiger partial charge in [0.25, 0.3) is 0 Å². The van der Waals surface area contributed by atoms with Crippen LogP contribution in [0.25, 0.3) is 0 Å². The third kappa shape index (κ3) is 4.34. The monoisotopic (exact) mass is 172 g/mol. The van der Waals surface area contributed by atoms with Crippen molar-refractivity contribution in [2.45, 2.75) is 39.7 Å². The van der Waals surface area contributed by atoms with E-state index >= 15 is 0 Å². The highest BCUT2D eigenvalue weighted by molar-refractivity contribution is 5.75. The summed E-state index contributed by atoms with van der Waals surface area (Å²) >= 11 is 0. The van der Waals surface area contributed by atoms with Crippen LogP contribution in [0.4, 0.5) is 0 Å². The fraction of sp³-hybridized carbons (Fsp3) is 0.889. The van der Waals surface area contributed by atoms with E-state index < -0.39 is 0 Å². The fourth-order valence-electron chi connectivity index (χ4n) is 1.11. The summed E-state index contributed by atoms with van der Waals surface area (Å²) in [7, 11) is 0. The predicted molar refractivity (Wildman–Crippen MR) is 51.1 cm³/mol. The first-order valence-corrected chi connectivity index (χ1v) is 4.83. The number of hydrogen-bond donors (Lipinski definition) is 2. The van der Waals surface area contributed by atoms with Gasteiger partial charge in [-0.3, -0.25) is 4.79 Å². The first kappa shape index (κ1) is 11.4. The number of amides is 1. The highest BCUT2D eigenvalue weighted by atomic mass is 16.1. The van der Waals surface area contributed by atoms with Crippen molar-refractivity contribution in [3.05, 3.63) is 0 Å². The van der Waals surface area contributed by atoms with Crippen LogP contribution in [-0.4, -0.2) is 25.0 Å². The maximum absolute atomic E-state index is 10.8. The lowest BCUT2D eigenvalue weighted by Crippen LogP contribution is -2.35. The standard InChI is InChI=1S/C7H14N2O.C2H6/c1-2-7(10)9-6-3-4-8-5-6;1-2/h6,8H,2-5H2,1H3,(H,9,10);1-2H3. The van der Waals surface area contributed by atoms with Gasteiger partial charge >= 0.3 is 0 Å². The Labute approximate surface area is 74.9 Å². The van der Waals surface area contributed by atoms with E-state index in [4.69, 9.17) is 0 Å². The van der Waals surface area contributed by atoms with E-state index in [1.54, 1.807) is 0 Å². The van der Waals surface area contributed by atoms with Gasteiger partial charge in [0.1, 0.15) is 0 Å². The minimum Gasteiger partial charge on any atom is -0.352 e. The summed E-state index contributed by atoms with van der Waals surface area (Å²) in [5.74, 6) is 0.161. The van der Waals surface area contributed by atoms with Gasteiger partial charge in [0.05, 0.1) is 0 Å². The molecule has 1 aliphatic rings. The Morgan fingerprint density at radius 1 is 1.58 bits per heavy atom. The maximum Gasteiger partial charge on any atom is 0.219 e. The van der Waals surface area contributed by atoms with E-state index in [1.165, 1.54) is 0 Å². The molecule has 0 bridgehead atoms. The number of hydrogen-bond acceptors (Lipinski definition) is 2. The number of carbonyl (C=O) groups excluding carboxylic acids is 1. The second-order valence-electron chi connectivity index (χ2n) is 2.61. The summed E-state index contributed by atoms with van der Waals surface area (Å²) in [6, 6.07) is 0.382. The maximum atomic E-state index is 10.8. The third-order valence-corrected chi connectivity index (χ3v) is 1.75. The Morgan fingerprint density at radius 2 is 2.25 bits per heavy atom. The van der Waals surface area contributed by atoms with Crippen LogP contribution in [-0.2, 0) is 4.79 Å². The van der Waals surface area contributed by atoms with Crippen LogP contribution >= 0.6 is 0 Å². The Morgan fingerprint density at radius 3 is 2.67 bits per heavy atom. The molecule has 3 heteroatoms. The van der Waals surface area contributed by atoms with Crippen molar-refractivity contribution in [1.29, 1.82) is 0 Å². The van der Waals surface area contributed by atoms with Crippen LogP contribution in [0.3, 0.4) is 0 Å². The number of rotatable bonds is 2. The molecule has 1 amide bonds. The minimum atomic E-state index is 0.161. The minimum absolute atomic E-state index is 0.161. The van der Waals surface area contributed by atoms with Gasteiger partial charge in [-0.1, -0.05) is 20.8 Å². The zero-order chi connectivity index (χ0) is 9.40. The summed E-state index contributed by atoms with van der Waals surface area (Å²) in [5.41, 5.74) is 0. The molecule has 1 atom stereocenters. The molecular formula is C9H20N2O. The Kier molecular flexibility index (Phi) is 6.76. The second kappa shape index (κ2) is 7.10. The lowest BCUT2D eigenvalue weighted by Gasteiger charge is -2.08. The zero-order valence-electron chi connectivity index (χ0n) is 8.31. The Bertz CT molecular complexity index is 120. The number of nitrogens with one attached hydrogen (secondary N) is 2. The van der Waals surface area contributed by atoms with Gasteiger partial charge in [-0.25, -0.2) is 0 Å². The molecule has 1 heterocycles. The van der Waals surface area contributed by atoms with Crippen LogP contribution in [0, 0.1) is 0 Å². The van der Waals surface area contributed by atoms with Crippen molar-refractivity contribution >= 4 is 5.91 Å². The summed E-state index contributed by atoms with van der Waals surface area (Å²) in [6.45, 7) is 7.85. The first-order chi connectivity index (χ1) is 5.83. The molecule has 1 fully saturated rings. The summed E-state index contributed by atoms with van der Waals surface area (Å²) in [5, 5.41) is 6.11. The van der Waals surface area contributed by atoms with Gasteiger partial charge in [0.2, 0.25) is 5.91 Å². The Hall–Kier alpha value is -0.570. The van der Waals surface area contributed by atoms with E-state index in [2.05, 4.69) is 10.6 Å². The largest absolute Gasteiger partial charge is 0.352 e. The van der Waals surface area contributed by atoms with Gasteiger partial charge in [0.15, 0.2) is 0 Å². The molecule has 0 aromatic heterocycles. The summed E-state index contributed by atoms with van der Waals surface area (Å²) < 4.78 is 0. The molecule has 0 aliphatic carbocycles. The van der Waals surface area contributed by atoms with Gasteiger partial charge < -0.3 is 10.6 Å². The molecule has 0 aromatic rings. The lowest BCUT2D eigenvalue weighted by molar-refractivity contribution is -0.121. The molecular weight excluding hydrogens is 152 g/mol. The third-order valence-electron chi connectivity index (χ3n) is 1.75. The van der Waals surface area contributed by atoms with Gasteiger partial charge in [-0.15, -0.1) is 0 Å². The van der Waals surface area contributed by atoms with Crippen LogP contribution in [0.15, 0.2) is 0 Å². The van der Waals surface area contributed by atoms with Crippen molar-refractivity contribution in [3.8, 4) is 0 Å².